The van der Waals surface area contributed by atoms with E-state index in [4.69, 9.17) is 18.9 Å². The summed E-state index contributed by atoms with van der Waals surface area (Å²) in [6, 6.07) is 22.5. The lowest BCUT2D eigenvalue weighted by molar-refractivity contribution is -0.0462. The Hall–Kier alpha value is -4.50. The topological polar surface area (TPSA) is 108 Å². The quantitative estimate of drug-likeness (QED) is 0.345. The molecule has 194 valence electrons. The van der Waals surface area contributed by atoms with Crippen LogP contribution in [0.2, 0.25) is 0 Å². The van der Waals surface area contributed by atoms with Gasteiger partial charge in [-0.2, -0.15) is 0 Å². The number of methoxy groups -OCH3 is 2. The van der Waals surface area contributed by atoms with Gasteiger partial charge in [-0.25, -0.2) is 13.2 Å². The van der Waals surface area contributed by atoms with Crippen molar-refractivity contribution in [2.24, 2.45) is 0 Å². The van der Waals surface area contributed by atoms with E-state index in [1.54, 1.807) is 74.9 Å². The minimum atomic E-state index is -4.05. The SMILES string of the molecule is COc1ccc(C2(c3ccc(OC)cc3)Oc3cc(S(=O)(=O)c4ccc(C)cc4)cc(C(=O)O)c3O2)cc1. The first-order chi connectivity index (χ1) is 18.2. The molecule has 0 saturated carbocycles. The molecule has 9 heteroatoms. The van der Waals surface area contributed by atoms with Gasteiger partial charge in [-0.1, -0.05) is 17.7 Å². The first kappa shape index (κ1) is 25.2. The third-order valence-electron chi connectivity index (χ3n) is 6.34. The maximum absolute atomic E-state index is 13.4. The van der Waals surface area contributed by atoms with Crippen LogP contribution in [0.25, 0.3) is 0 Å². The van der Waals surface area contributed by atoms with Crippen molar-refractivity contribution in [3.05, 3.63) is 107 Å². The summed E-state index contributed by atoms with van der Waals surface area (Å²) in [4.78, 5) is 12.1. The van der Waals surface area contributed by atoms with Crippen LogP contribution in [0.15, 0.2) is 94.7 Å². The summed E-state index contributed by atoms with van der Waals surface area (Å²) in [5.74, 6) is -1.84. The standard InChI is InChI=1S/C29H24O8S/c1-18-4-14-23(15-5-18)38(32,33)24-16-25(28(30)31)27-26(17-24)36-29(37-27,19-6-10-21(34-2)11-7-19)20-8-12-22(35-3)13-9-20/h4-17H,1-3H3,(H,30,31). The summed E-state index contributed by atoms with van der Waals surface area (Å²) in [5, 5.41) is 10.0. The Labute approximate surface area is 219 Å². The highest BCUT2D eigenvalue weighted by Gasteiger charge is 2.48. The molecular formula is C29H24O8S. The molecular weight excluding hydrogens is 508 g/mol. The number of hydrogen-bond donors (Lipinski definition) is 1. The van der Waals surface area contributed by atoms with Gasteiger partial charge in [0.15, 0.2) is 11.5 Å². The highest BCUT2D eigenvalue weighted by atomic mass is 32.2. The number of hydrogen-bond acceptors (Lipinski definition) is 7. The second kappa shape index (κ2) is 9.42. The summed E-state index contributed by atoms with van der Waals surface area (Å²) < 4.78 is 50.1. The number of carboxylic acids is 1. The summed E-state index contributed by atoms with van der Waals surface area (Å²) in [5.41, 5.74) is 1.64. The molecule has 0 bridgehead atoms. The Morgan fingerprint density at radius 3 is 1.76 bits per heavy atom. The van der Waals surface area contributed by atoms with Gasteiger partial charge in [-0.05, 0) is 73.7 Å². The fourth-order valence-electron chi connectivity index (χ4n) is 4.27. The minimum Gasteiger partial charge on any atom is -0.497 e. The number of benzene rings is 4. The van der Waals surface area contributed by atoms with E-state index in [1.165, 1.54) is 18.2 Å². The van der Waals surface area contributed by atoms with E-state index >= 15 is 0 Å². The molecule has 38 heavy (non-hydrogen) atoms. The molecule has 0 aromatic heterocycles. The summed E-state index contributed by atoms with van der Waals surface area (Å²) >= 11 is 0. The van der Waals surface area contributed by atoms with Crippen LogP contribution in [0, 0.1) is 6.92 Å². The fraction of sp³-hybridized carbons (Fsp3) is 0.138. The Bertz CT molecular complexity index is 1560. The summed E-state index contributed by atoms with van der Waals surface area (Å²) in [6.07, 6.45) is 0. The van der Waals surface area contributed by atoms with Crippen molar-refractivity contribution in [2.75, 3.05) is 14.2 Å². The molecule has 1 N–H and O–H groups in total. The number of sulfone groups is 1. The predicted octanol–water partition coefficient (Wildman–Crippen LogP) is 5.22. The van der Waals surface area contributed by atoms with E-state index < -0.39 is 21.6 Å². The van der Waals surface area contributed by atoms with E-state index in [1.807, 2.05) is 6.92 Å². The summed E-state index contributed by atoms with van der Waals surface area (Å²) in [6.45, 7) is 1.84. The molecule has 4 aromatic carbocycles. The van der Waals surface area contributed by atoms with Crippen molar-refractivity contribution >= 4 is 15.8 Å². The number of fused-ring (bicyclic) bond motifs is 1. The molecule has 0 aliphatic carbocycles. The zero-order chi connectivity index (χ0) is 27.1. The van der Waals surface area contributed by atoms with Crippen molar-refractivity contribution in [3.8, 4) is 23.0 Å². The van der Waals surface area contributed by atoms with Gasteiger partial charge in [0.25, 0.3) is 0 Å². The second-order valence-electron chi connectivity index (χ2n) is 8.70. The molecule has 0 fully saturated rings. The van der Waals surface area contributed by atoms with E-state index in [0.29, 0.717) is 22.6 Å². The van der Waals surface area contributed by atoms with Gasteiger partial charge in [0.05, 0.1) is 24.0 Å². The lowest BCUT2D eigenvalue weighted by Crippen LogP contribution is -2.37. The van der Waals surface area contributed by atoms with E-state index in [0.717, 1.165) is 11.6 Å². The molecule has 0 spiro atoms. The normalized spacial score (nSPS) is 13.7. The molecule has 1 aliphatic rings. The predicted molar refractivity (Wildman–Crippen MR) is 138 cm³/mol. The van der Waals surface area contributed by atoms with Crippen LogP contribution in [-0.2, 0) is 15.6 Å². The van der Waals surface area contributed by atoms with Crippen molar-refractivity contribution in [1.29, 1.82) is 0 Å². The largest absolute Gasteiger partial charge is 0.497 e. The Balaban J connectivity index is 1.69. The Morgan fingerprint density at radius 1 is 0.763 bits per heavy atom. The number of aromatic carboxylic acids is 1. The van der Waals surface area contributed by atoms with Crippen LogP contribution in [0.3, 0.4) is 0 Å². The first-order valence-electron chi connectivity index (χ1n) is 11.6. The van der Waals surface area contributed by atoms with Crippen molar-refractivity contribution in [2.45, 2.75) is 22.5 Å². The van der Waals surface area contributed by atoms with Crippen LogP contribution < -0.4 is 18.9 Å². The monoisotopic (exact) mass is 532 g/mol. The van der Waals surface area contributed by atoms with E-state index in [-0.39, 0.29) is 26.9 Å². The fourth-order valence-corrected chi connectivity index (χ4v) is 5.57. The van der Waals surface area contributed by atoms with Crippen molar-refractivity contribution < 1.29 is 37.3 Å². The lowest BCUT2D eigenvalue weighted by atomic mass is 9.97. The molecule has 1 aliphatic heterocycles. The average molecular weight is 533 g/mol. The van der Waals surface area contributed by atoms with E-state index in [9.17, 15) is 18.3 Å². The number of rotatable bonds is 7. The lowest BCUT2D eigenvalue weighted by Gasteiger charge is -2.29. The first-order valence-corrected chi connectivity index (χ1v) is 13.1. The summed E-state index contributed by atoms with van der Waals surface area (Å²) in [7, 11) is -0.963. The van der Waals surface area contributed by atoms with Crippen LogP contribution in [0.1, 0.15) is 27.0 Å². The van der Waals surface area contributed by atoms with Crippen LogP contribution >= 0.6 is 0 Å². The van der Waals surface area contributed by atoms with Gasteiger partial charge >= 0.3 is 11.8 Å². The van der Waals surface area contributed by atoms with Gasteiger partial charge in [0.2, 0.25) is 9.84 Å². The van der Waals surface area contributed by atoms with E-state index in [2.05, 4.69) is 0 Å². The Morgan fingerprint density at radius 2 is 1.29 bits per heavy atom. The van der Waals surface area contributed by atoms with Gasteiger partial charge < -0.3 is 24.1 Å². The van der Waals surface area contributed by atoms with Crippen LogP contribution in [-0.4, -0.2) is 33.7 Å². The molecule has 1 heterocycles. The number of carbonyl (C=O) groups is 1. The zero-order valence-electron chi connectivity index (χ0n) is 20.8. The van der Waals surface area contributed by atoms with Crippen LogP contribution in [0.5, 0.6) is 23.0 Å². The third kappa shape index (κ3) is 4.20. The number of ether oxygens (including phenoxy) is 4. The Kier molecular flexibility index (Phi) is 6.24. The molecule has 0 unspecified atom stereocenters. The molecule has 0 radical (unpaired) electrons. The molecule has 0 saturated heterocycles. The molecule has 5 rings (SSSR count). The minimum absolute atomic E-state index is 0.0118. The average Bonchev–Trinajstić information content (AvgIpc) is 3.33. The highest BCUT2D eigenvalue weighted by Crippen LogP contribution is 2.51. The second-order valence-corrected chi connectivity index (χ2v) is 10.6. The molecule has 4 aromatic rings. The van der Waals surface area contributed by atoms with Crippen molar-refractivity contribution in [3.63, 3.8) is 0 Å². The zero-order valence-corrected chi connectivity index (χ0v) is 21.6. The van der Waals surface area contributed by atoms with Crippen LogP contribution in [0.4, 0.5) is 0 Å². The molecule has 0 atom stereocenters. The highest BCUT2D eigenvalue weighted by molar-refractivity contribution is 7.91. The van der Waals surface area contributed by atoms with Crippen molar-refractivity contribution in [1.82, 2.24) is 0 Å². The molecule has 0 amide bonds. The maximum Gasteiger partial charge on any atom is 0.339 e. The van der Waals surface area contributed by atoms with Gasteiger partial charge in [-0.15, -0.1) is 0 Å². The third-order valence-corrected chi connectivity index (χ3v) is 8.09. The smallest absolute Gasteiger partial charge is 0.339 e. The number of aryl methyl sites for hydroxylation is 1. The number of carboxylic acid groups (broad SMARTS) is 1. The molecule has 8 nitrogen and oxygen atoms in total. The van der Waals surface area contributed by atoms with Gasteiger partial charge in [0.1, 0.15) is 17.1 Å². The van der Waals surface area contributed by atoms with Gasteiger partial charge in [0, 0.05) is 17.2 Å². The van der Waals surface area contributed by atoms with Gasteiger partial charge in [-0.3, -0.25) is 0 Å². The maximum atomic E-state index is 13.4.